The second-order valence-corrected chi connectivity index (χ2v) is 8.30. The van der Waals surface area contributed by atoms with Crippen molar-refractivity contribution < 1.29 is 37.0 Å². The van der Waals surface area contributed by atoms with E-state index in [1.807, 2.05) is 4.72 Å². The van der Waals surface area contributed by atoms with Crippen LogP contribution in [-0.2, 0) is 19.5 Å². The van der Waals surface area contributed by atoms with Crippen LogP contribution in [0.1, 0.15) is 34.6 Å². The van der Waals surface area contributed by atoms with E-state index in [1.165, 1.54) is 37.4 Å². The minimum absolute atomic E-state index is 0.0911. The van der Waals surface area contributed by atoms with Crippen molar-refractivity contribution in [1.82, 2.24) is 15.0 Å². The summed E-state index contributed by atoms with van der Waals surface area (Å²) in [5.41, 5.74) is 0.0134. The first-order valence-corrected chi connectivity index (χ1v) is 10.9. The van der Waals surface area contributed by atoms with Gasteiger partial charge in [-0.25, -0.2) is 22.9 Å². The zero-order chi connectivity index (χ0) is 23.7. The molecule has 1 aromatic heterocycles. The molecule has 172 valence electrons. The Balaban J connectivity index is 2.07. The Labute approximate surface area is 185 Å². The fourth-order valence-corrected chi connectivity index (χ4v) is 3.31. The Morgan fingerprint density at radius 3 is 2.44 bits per heavy atom. The normalized spacial score (nSPS) is 11.0. The molecule has 0 aliphatic heterocycles. The number of hydrogen-bond donors (Lipinski definition) is 2. The smallest absolute Gasteiger partial charge is 0.431 e. The number of nitrogens with zero attached hydrogens (tertiary/aromatic N) is 1. The van der Waals surface area contributed by atoms with E-state index in [4.69, 9.17) is 14.2 Å². The first kappa shape index (κ1) is 24.8. The quantitative estimate of drug-likeness (QED) is 0.415. The van der Waals surface area contributed by atoms with E-state index in [1.54, 1.807) is 13.8 Å². The fourth-order valence-electron chi connectivity index (χ4n) is 2.29. The molecule has 12 heteroatoms. The molecule has 0 spiro atoms. The second kappa shape index (κ2) is 11.2. The van der Waals surface area contributed by atoms with Gasteiger partial charge in [0.1, 0.15) is 0 Å². The highest BCUT2D eigenvalue weighted by Gasteiger charge is 2.21. The summed E-state index contributed by atoms with van der Waals surface area (Å²) in [6.45, 7) is 3.85. The topological polar surface area (TPSA) is 150 Å². The van der Waals surface area contributed by atoms with Crippen molar-refractivity contribution in [3.63, 3.8) is 0 Å². The van der Waals surface area contributed by atoms with E-state index in [0.717, 1.165) is 12.3 Å². The number of rotatable bonds is 9. The van der Waals surface area contributed by atoms with Crippen LogP contribution in [0.25, 0.3) is 0 Å². The lowest BCUT2D eigenvalue weighted by Crippen LogP contribution is -2.31. The van der Waals surface area contributed by atoms with E-state index in [-0.39, 0.29) is 34.6 Å². The van der Waals surface area contributed by atoms with Crippen molar-refractivity contribution in [2.75, 3.05) is 20.3 Å². The number of carbonyl (C=O) groups excluding carboxylic acids is 3. The van der Waals surface area contributed by atoms with E-state index in [0.29, 0.717) is 6.61 Å². The molecule has 0 saturated heterocycles. The Kier molecular flexibility index (Phi) is 8.67. The number of carbonyl (C=O) groups is 3. The van der Waals surface area contributed by atoms with E-state index < -0.39 is 28.0 Å². The highest BCUT2D eigenvalue weighted by atomic mass is 32.2. The summed E-state index contributed by atoms with van der Waals surface area (Å²) in [6, 6.07) is 7.66. The zero-order valence-corrected chi connectivity index (χ0v) is 18.5. The minimum atomic E-state index is -4.27. The van der Waals surface area contributed by atoms with Gasteiger partial charge in [-0.1, -0.05) is 6.07 Å². The van der Waals surface area contributed by atoms with Gasteiger partial charge in [0.25, 0.3) is 21.8 Å². The number of ether oxygens (including phenoxy) is 3. The minimum Gasteiger partial charge on any atom is -0.431 e. The molecule has 2 amide bonds. The number of benzene rings is 1. The van der Waals surface area contributed by atoms with Crippen LogP contribution in [0.3, 0.4) is 0 Å². The Morgan fingerprint density at radius 1 is 1.06 bits per heavy atom. The van der Waals surface area contributed by atoms with Gasteiger partial charge < -0.3 is 19.5 Å². The average Bonchev–Trinajstić information content (AvgIpc) is 2.73. The lowest BCUT2D eigenvalue weighted by molar-refractivity contribution is 0.0715. The van der Waals surface area contributed by atoms with Gasteiger partial charge in [-0.15, -0.1) is 0 Å². The molecule has 0 bridgehead atoms. The molecule has 32 heavy (non-hydrogen) atoms. The molecule has 0 unspecified atom stereocenters. The lowest BCUT2D eigenvalue weighted by atomic mass is 10.2. The Bertz CT molecular complexity index is 1070. The van der Waals surface area contributed by atoms with Crippen molar-refractivity contribution in [3.05, 3.63) is 53.7 Å². The molecule has 0 aliphatic rings. The van der Waals surface area contributed by atoms with Crippen LogP contribution < -0.4 is 14.8 Å². The lowest BCUT2D eigenvalue weighted by Gasteiger charge is -2.10. The monoisotopic (exact) mass is 465 g/mol. The molecule has 0 atom stereocenters. The molecule has 2 aromatic rings. The summed E-state index contributed by atoms with van der Waals surface area (Å²) in [6.07, 6.45) is -0.297. The third kappa shape index (κ3) is 7.32. The van der Waals surface area contributed by atoms with Gasteiger partial charge in [0, 0.05) is 31.5 Å². The van der Waals surface area contributed by atoms with Gasteiger partial charge in [-0.2, -0.15) is 0 Å². The third-order valence-corrected chi connectivity index (χ3v) is 5.07. The van der Waals surface area contributed by atoms with Crippen LogP contribution in [-0.4, -0.2) is 57.7 Å². The van der Waals surface area contributed by atoms with Gasteiger partial charge in [-0.3, -0.25) is 9.59 Å². The summed E-state index contributed by atoms with van der Waals surface area (Å²) in [5, 5.41) is 2.58. The van der Waals surface area contributed by atoms with Gasteiger partial charge in [-0.05, 0) is 38.1 Å². The fraction of sp³-hybridized carbons (Fsp3) is 0.300. The van der Waals surface area contributed by atoms with Crippen LogP contribution in [0.15, 0.2) is 47.5 Å². The second-order valence-electron chi connectivity index (χ2n) is 6.61. The number of methoxy groups -OCH3 is 1. The first-order chi connectivity index (χ1) is 15.1. The summed E-state index contributed by atoms with van der Waals surface area (Å²) in [7, 11) is -2.78. The van der Waals surface area contributed by atoms with Crippen molar-refractivity contribution in [2.24, 2.45) is 0 Å². The van der Waals surface area contributed by atoms with Gasteiger partial charge >= 0.3 is 6.16 Å². The maximum absolute atomic E-state index is 12.6. The van der Waals surface area contributed by atoms with Gasteiger partial charge in [0.2, 0.25) is 5.88 Å². The third-order valence-electron chi connectivity index (χ3n) is 3.74. The van der Waals surface area contributed by atoms with Gasteiger partial charge in [0.15, 0.2) is 0 Å². The van der Waals surface area contributed by atoms with Crippen molar-refractivity contribution in [1.29, 1.82) is 0 Å². The average molecular weight is 465 g/mol. The molecule has 11 nitrogen and oxygen atoms in total. The summed E-state index contributed by atoms with van der Waals surface area (Å²) in [5.74, 6) is -1.56. The van der Waals surface area contributed by atoms with Crippen LogP contribution in [0.2, 0.25) is 0 Å². The highest BCUT2D eigenvalue weighted by Crippen LogP contribution is 2.14. The van der Waals surface area contributed by atoms with E-state index >= 15 is 0 Å². The summed E-state index contributed by atoms with van der Waals surface area (Å²) >= 11 is 0. The van der Waals surface area contributed by atoms with Crippen molar-refractivity contribution >= 4 is 28.0 Å². The molecule has 2 rings (SSSR count). The summed E-state index contributed by atoms with van der Waals surface area (Å²) in [4.78, 5) is 39.4. The maximum atomic E-state index is 12.6. The molecule has 0 fully saturated rings. The van der Waals surface area contributed by atoms with Crippen LogP contribution in [0.5, 0.6) is 5.88 Å². The molecule has 0 aliphatic carbocycles. The molecule has 1 heterocycles. The molecular weight excluding hydrogens is 442 g/mol. The van der Waals surface area contributed by atoms with Gasteiger partial charge in [0.05, 0.1) is 23.2 Å². The Morgan fingerprint density at radius 2 is 1.81 bits per heavy atom. The summed E-state index contributed by atoms with van der Waals surface area (Å²) < 4.78 is 41.5. The van der Waals surface area contributed by atoms with Crippen LogP contribution in [0.4, 0.5) is 4.79 Å². The number of amides is 2. The number of pyridine rings is 1. The zero-order valence-electron chi connectivity index (χ0n) is 17.7. The van der Waals surface area contributed by atoms with Crippen LogP contribution in [0, 0.1) is 0 Å². The highest BCUT2D eigenvalue weighted by molar-refractivity contribution is 7.90. The van der Waals surface area contributed by atoms with E-state index in [9.17, 15) is 22.8 Å². The predicted octanol–water partition coefficient (Wildman–Crippen LogP) is 1.50. The maximum Gasteiger partial charge on any atom is 0.515 e. The number of sulfonamides is 1. The number of hydrogen-bond acceptors (Lipinski definition) is 9. The largest absolute Gasteiger partial charge is 0.515 e. The standard InChI is InChI=1S/C20H23N3O8S/c1-13(2)30-20(26)31-17-8-7-15(12-22-17)19(25)23-32(27,28)16-6-4-5-14(11-16)18(24)21-9-10-29-3/h4-8,11-13H,9-10H2,1-3H3,(H,21,24)(H,23,25). The van der Waals surface area contributed by atoms with Crippen molar-refractivity contribution in [3.8, 4) is 5.88 Å². The molecule has 0 saturated carbocycles. The first-order valence-electron chi connectivity index (χ1n) is 9.41. The molecular formula is C20H23N3O8S. The molecule has 0 radical (unpaired) electrons. The van der Waals surface area contributed by atoms with Crippen molar-refractivity contribution in [2.45, 2.75) is 24.8 Å². The van der Waals surface area contributed by atoms with Crippen LogP contribution >= 0.6 is 0 Å². The number of nitrogens with one attached hydrogen (secondary N) is 2. The SMILES string of the molecule is COCCNC(=O)c1cccc(S(=O)(=O)NC(=O)c2ccc(OC(=O)OC(C)C)nc2)c1. The molecule has 2 N–H and O–H groups in total. The predicted molar refractivity (Wildman–Crippen MR) is 112 cm³/mol. The van der Waals surface area contributed by atoms with E-state index in [2.05, 4.69) is 10.3 Å². The molecule has 1 aromatic carbocycles. The Hall–Kier alpha value is -3.51. The number of aromatic nitrogens is 1.